The minimum Gasteiger partial charge on any atom is -0.366 e. The minimum absolute atomic E-state index is 0.0660. The Morgan fingerprint density at radius 3 is 2.31 bits per heavy atom. The molecule has 1 saturated heterocycles. The summed E-state index contributed by atoms with van der Waals surface area (Å²) in [4.78, 5) is 25.5. The fourth-order valence-corrected chi connectivity index (χ4v) is 3.57. The maximum absolute atomic E-state index is 12.5. The van der Waals surface area contributed by atoms with E-state index in [9.17, 15) is 14.9 Å². The number of rotatable bonds is 4. The third-order valence-corrected chi connectivity index (χ3v) is 4.69. The lowest BCUT2D eigenvalue weighted by Crippen LogP contribution is -2.30. The standard InChI is InChI=1S/C18H17Cl2N3O3/c19-13-9-14(20)11-15(10-13)21-18(24)12-4-5-16(17(8-12)23(25)26)22-6-2-1-3-7-22/h4-5,8-11H,1-3,6-7H2,(H,21,24). The summed E-state index contributed by atoms with van der Waals surface area (Å²) >= 11 is 11.8. The van der Waals surface area contributed by atoms with Gasteiger partial charge in [-0.05, 0) is 49.6 Å². The summed E-state index contributed by atoms with van der Waals surface area (Å²) in [5.74, 6) is -0.461. The average Bonchev–Trinajstić information content (AvgIpc) is 2.61. The number of carbonyl (C=O) groups excluding carboxylic acids is 1. The van der Waals surface area contributed by atoms with Crippen LogP contribution in [0.4, 0.5) is 17.1 Å². The lowest BCUT2D eigenvalue weighted by atomic mass is 10.1. The highest BCUT2D eigenvalue weighted by Crippen LogP contribution is 2.32. The number of benzene rings is 2. The van der Waals surface area contributed by atoms with Crippen LogP contribution in [0.1, 0.15) is 29.6 Å². The highest BCUT2D eigenvalue weighted by Gasteiger charge is 2.23. The first-order chi connectivity index (χ1) is 12.4. The van der Waals surface area contributed by atoms with Gasteiger partial charge in [0.2, 0.25) is 0 Å². The van der Waals surface area contributed by atoms with Crippen molar-refractivity contribution >= 4 is 46.2 Å². The van der Waals surface area contributed by atoms with Crippen LogP contribution in [0.2, 0.25) is 10.0 Å². The van der Waals surface area contributed by atoms with Crippen molar-refractivity contribution in [2.24, 2.45) is 0 Å². The van der Waals surface area contributed by atoms with E-state index in [1.165, 1.54) is 6.07 Å². The lowest BCUT2D eigenvalue weighted by molar-refractivity contribution is -0.384. The predicted octanol–water partition coefficient (Wildman–Crippen LogP) is 5.14. The molecule has 1 amide bonds. The zero-order chi connectivity index (χ0) is 18.7. The number of carbonyl (C=O) groups is 1. The van der Waals surface area contributed by atoms with Gasteiger partial charge in [-0.25, -0.2) is 0 Å². The Morgan fingerprint density at radius 2 is 1.69 bits per heavy atom. The van der Waals surface area contributed by atoms with Crippen LogP contribution in [-0.2, 0) is 0 Å². The van der Waals surface area contributed by atoms with Gasteiger partial charge >= 0.3 is 0 Å². The molecular formula is C18H17Cl2N3O3. The van der Waals surface area contributed by atoms with Crippen molar-refractivity contribution in [3.8, 4) is 0 Å². The molecule has 0 aromatic heterocycles. The molecule has 6 nitrogen and oxygen atoms in total. The van der Waals surface area contributed by atoms with Crippen LogP contribution in [0.5, 0.6) is 0 Å². The first-order valence-corrected chi connectivity index (χ1v) is 9.00. The van der Waals surface area contributed by atoms with Crippen molar-refractivity contribution in [2.75, 3.05) is 23.3 Å². The first-order valence-electron chi connectivity index (χ1n) is 8.25. The number of hydrogen-bond donors (Lipinski definition) is 1. The molecule has 8 heteroatoms. The van der Waals surface area contributed by atoms with E-state index in [1.54, 1.807) is 30.3 Å². The van der Waals surface area contributed by atoms with Gasteiger partial charge in [0.1, 0.15) is 5.69 Å². The van der Waals surface area contributed by atoms with Crippen molar-refractivity contribution in [2.45, 2.75) is 19.3 Å². The predicted molar refractivity (Wildman–Crippen MR) is 104 cm³/mol. The molecule has 0 saturated carbocycles. The molecule has 136 valence electrons. The molecule has 26 heavy (non-hydrogen) atoms. The number of nitrogens with zero attached hydrogens (tertiary/aromatic N) is 2. The SMILES string of the molecule is O=C(Nc1cc(Cl)cc(Cl)c1)c1ccc(N2CCCCC2)c([N+](=O)[O-])c1. The molecule has 0 radical (unpaired) electrons. The Hall–Kier alpha value is -2.31. The number of piperidine rings is 1. The van der Waals surface area contributed by atoms with Crippen molar-refractivity contribution < 1.29 is 9.72 Å². The van der Waals surface area contributed by atoms with E-state index >= 15 is 0 Å². The van der Waals surface area contributed by atoms with E-state index in [-0.39, 0.29) is 11.3 Å². The van der Waals surface area contributed by atoms with Crippen LogP contribution in [0.15, 0.2) is 36.4 Å². The van der Waals surface area contributed by atoms with Gasteiger partial charge in [0.15, 0.2) is 0 Å². The molecule has 1 heterocycles. The van der Waals surface area contributed by atoms with Crippen LogP contribution >= 0.6 is 23.2 Å². The molecule has 1 aliphatic heterocycles. The molecular weight excluding hydrogens is 377 g/mol. The first kappa shape index (κ1) is 18.5. The van der Waals surface area contributed by atoms with Crippen molar-refractivity contribution in [1.29, 1.82) is 0 Å². The van der Waals surface area contributed by atoms with Crippen LogP contribution < -0.4 is 10.2 Å². The van der Waals surface area contributed by atoms with Crippen molar-refractivity contribution in [1.82, 2.24) is 0 Å². The van der Waals surface area contributed by atoms with Gasteiger partial charge in [-0.3, -0.25) is 14.9 Å². The van der Waals surface area contributed by atoms with Crippen molar-refractivity contribution in [3.05, 3.63) is 62.1 Å². The molecule has 1 N–H and O–H groups in total. The van der Waals surface area contributed by atoms with Gasteiger partial charge in [0.25, 0.3) is 11.6 Å². The maximum Gasteiger partial charge on any atom is 0.293 e. The molecule has 1 aliphatic rings. The van der Waals surface area contributed by atoms with Crippen LogP contribution in [-0.4, -0.2) is 23.9 Å². The molecule has 0 spiro atoms. The number of anilines is 2. The van der Waals surface area contributed by atoms with E-state index in [2.05, 4.69) is 5.32 Å². The van der Waals surface area contributed by atoms with Crippen LogP contribution in [0.3, 0.4) is 0 Å². The molecule has 1 fully saturated rings. The van der Waals surface area contributed by atoms with Gasteiger partial charge in [0.05, 0.1) is 4.92 Å². The van der Waals surface area contributed by atoms with E-state index in [0.29, 0.717) is 21.4 Å². The molecule has 0 bridgehead atoms. The number of nitro benzene ring substituents is 1. The molecule has 0 unspecified atom stereocenters. The fourth-order valence-electron chi connectivity index (χ4n) is 3.04. The largest absolute Gasteiger partial charge is 0.366 e. The summed E-state index contributed by atoms with van der Waals surface area (Å²) in [5.41, 5.74) is 1.12. The molecule has 3 rings (SSSR count). The van der Waals surface area contributed by atoms with Gasteiger partial charge in [0, 0.05) is 40.5 Å². The monoisotopic (exact) mass is 393 g/mol. The lowest BCUT2D eigenvalue weighted by Gasteiger charge is -2.28. The van der Waals surface area contributed by atoms with Crippen molar-refractivity contribution in [3.63, 3.8) is 0 Å². The normalized spacial score (nSPS) is 14.2. The Labute approximate surface area is 160 Å². The van der Waals surface area contributed by atoms with Gasteiger partial charge in [-0.2, -0.15) is 0 Å². The van der Waals surface area contributed by atoms with E-state index in [4.69, 9.17) is 23.2 Å². The van der Waals surface area contributed by atoms with Gasteiger partial charge in [-0.15, -0.1) is 0 Å². The molecule has 2 aromatic carbocycles. The average molecular weight is 394 g/mol. The van der Waals surface area contributed by atoms with Gasteiger partial charge < -0.3 is 10.2 Å². The Balaban J connectivity index is 1.86. The summed E-state index contributed by atoms with van der Waals surface area (Å²) in [6, 6.07) is 9.22. The zero-order valence-corrected chi connectivity index (χ0v) is 15.4. The highest BCUT2D eigenvalue weighted by molar-refractivity contribution is 6.35. The number of nitrogens with one attached hydrogen (secondary N) is 1. The Bertz CT molecular complexity index is 831. The maximum atomic E-state index is 12.5. The quantitative estimate of drug-likeness (QED) is 0.575. The van der Waals surface area contributed by atoms with E-state index in [1.807, 2.05) is 4.90 Å². The summed E-state index contributed by atoms with van der Waals surface area (Å²) in [6.45, 7) is 1.57. The number of halogens is 2. The minimum atomic E-state index is -0.461. The highest BCUT2D eigenvalue weighted by atomic mass is 35.5. The molecule has 0 aliphatic carbocycles. The molecule has 2 aromatic rings. The summed E-state index contributed by atoms with van der Waals surface area (Å²) < 4.78 is 0. The summed E-state index contributed by atoms with van der Waals surface area (Å²) in [7, 11) is 0. The summed E-state index contributed by atoms with van der Waals surface area (Å²) in [6.07, 6.45) is 3.15. The Kier molecular flexibility index (Phi) is 5.64. The third-order valence-electron chi connectivity index (χ3n) is 4.25. The number of amides is 1. The molecule has 0 atom stereocenters. The van der Waals surface area contributed by atoms with E-state index in [0.717, 1.165) is 32.4 Å². The number of hydrogen-bond acceptors (Lipinski definition) is 4. The second-order valence-electron chi connectivity index (χ2n) is 6.12. The van der Waals surface area contributed by atoms with Gasteiger partial charge in [-0.1, -0.05) is 23.2 Å². The third kappa shape index (κ3) is 4.26. The van der Waals surface area contributed by atoms with Crippen LogP contribution in [0.25, 0.3) is 0 Å². The number of nitro groups is 1. The zero-order valence-electron chi connectivity index (χ0n) is 13.9. The second-order valence-corrected chi connectivity index (χ2v) is 6.99. The second kappa shape index (κ2) is 7.93. The summed E-state index contributed by atoms with van der Waals surface area (Å²) in [5, 5.41) is 14.9. The van der Waals surface area contributed by atoms with Crippen LogP contribution in [0, 0.1) is 10.1 Å². The fraction of sp³-hybridized carbons (Fsp3) is 0.278. The topological polar surface area (TPSA) is 75.5 Å². The van der Waals surface area contributed by atoms with E-state index < -0.39 is 10.8 Å². The Morgan fingerprint density at radius 1 is 1.04 bits per heavy atom. The smallest absolute Gasteiger partial charge is 0.293 e.